The molecule has 0 fully saturated rings. The van der Waals surface area contributed by atoms with Crippen LogP contribution in [-0.2, 0) is 16.1 Å². The van der Waals surface area contributed by atoms with Gasteiger partial charge < -0.3 is 14.8 Å². The van der Waals surface area contributed by atoms with Gasteiger partial charge in [0.25, 0.3) is 0 Å². The molecule has 1 heterocycles. The number of hydrogen-bond acceptors (Lipinski definition) is 4. The molecular weight excluding hydrogens is 260 g/mol. The molecule has 0 saturated heterocycles. The highest BCUT2D eigenvalue weighted by atomic mass is 16.4. The summed E-state index contributed by atoms with van der Waals surface area (Å²) >= 11 is 0. The van der Waals surface area contributed by atoms with E-state index in [-0.39, 0.29) is 12.5 Å². The number of carbonyl (C=O) groups excluding carboxylic acids is 1. The van der Waals surface area contributed by atoms with Gasteiger partial charge in [-0.15, -0.1) is 0 Å². The predicted molar refractivity (Wildman–Crippen MR) is 74.1 cm³/mol. The molecule has 1 aromatic rings. The van der Waals surface area contributed by atoms with E-state index in [0.717, 1.165) is 6.42 Å². The minimum Gasteiger partial charge on any atom is -0.480 e. The van der Waals surface area contributed by atoms with Gasteiger partial charge in [-0.05, 0) is 32.4 Å². The first-order valence-electron chi connectivity index (χ1n) is 6.70. The van der Waals surface area contributed by atoms with Crippen molar-refractivity contribution in [2.75, 3.05) is 0 Å². The number of aliphatic carboxylic acids is 1. The van der Waals surface area contributed by atoms with E-state index in [1.54, 1.807) is 26.0 Å². The van der Waals surface area contributed by atoms with Crippen LogP contribution in [0.2, 0.25) is 0 Å². The number of hydrogen-bond donors (Lipinski definition) is 3. The molecule has 0 aliphatic heterocycles. The Balaban J connectivity index is 2.53. The molecule has 6 heteroatoms. The SMILES string of the molecule is CCCC(C)(NC(C)C(=O)NCc1ccco1)C(=O)O. The largest absolute Gasteiger partial charge is 0.480 e. The van der Waals surface area contributed by atoms with Crippen molar-refractivity contribution in [1.82, 2.24) is 10.6 Å². The fourth-order valence-electron chi connectivity index (χ4n) is 2.02. The first-order chi connectivity index (χ1) is 9.39. The quantitative estimate of drug-likeness (QED) is 0.672. The number of carboxylic acids is 1. The maximum Gasteiger partial charge on any atom is 0.323 e. The van der Waals surface area contributed by atoms with Crippen molar-refractivity contribution in [2.24, 2.45) is 0 Å². The molecule has 2 atom stereocenters. The maximum atomic E-state index is 11.9. The number of amides is 1. The molecule has 6 nitrogen and oxygen atoms in total. The Morgan fingerprint density at radius 2 is 2.20 bits per heavy atom. The summed E-state index contributed by atoms with van der Waals surface area (Å²) in [5, 5.41) is 14.8. The summed E-state index contributed by atoms with van der Waals surface area (Å²) in [6, 6.07) is 2.90. The Morgan fingerprint density at radius 3 is 2.70 bits per heavy atom. The van der Waals surface area contributed by atoms with Crippen LogP contribution in [0.4, 0.5) is 0 Å². The zero-order chi connectivity index (χ0) is 15.2. The van der Waals surface area contributed by atoms with E-state index in [0.29, 0.717) is 12.2 Å². The van der Waals surface area contributed by atoms with Gasteiger partial charge >= 0.3 is 5.97 Å². The summed E-state index contributed by atoms with van der Waals surface area (Å²) in [6.45, 7) is 5.43. The Bertz CT molecular complexity index is 444. The van der Waals surface area contributed by atoms with Crippen molar-refractivity contribution >= 4 is 11.9 Å². The predicted octanol–water partition coefficient (Wildman–Crippen LogP) is 1.52. The summed E-state index contributed by atoms with van der Waals surface area (Å²) in [6.07, 6.45) is 2.71. The van der Waals surface area contributed by atoms with Crippen molar-refractivity contribution in [3.05, 3.63) is 24.2 Å². The van der Waals surface area contributed by atoms with E-state index in [9.17, 15) is 14.7 Å². The van der Waals surface area contributed by atoms with E-state index >= 15 is 0 Å². The van der Waals surface area contributed by atoms with E-state index in [1.807, 2.05) is 6.92 Å². The second-order valence-corrected chi connectivity index (χ2v) is 5.05. The van der Waals surface area contributed by atoms with Gasteiger partial charge in [0.1, 0.15) is 11.3 Å². The zero-order valence-electron chi connectivity index (χ0n) is 12.1. The smallest absolute Gasteiger partial charge is 0.323 e. The maximum absolute atomic E-state index is 11.9. The van der Waals surface area contributed by atoms with Crippen molar-refractivity contribution in [1.29, 1.82) is 0 Å². The summed E-state index contributed by atoms with van der Waals surface area (Å²) < 4.78 is 5.11. The molecule has 0 aliphatic rings. The molecule has 3 N–H and O–H groups in total. The lowest BCUT2D eigenvalue weighted by Crippen LogP contribution is -2.56. The molecule has 2 unspecified atom stereocenters. The van der Waals surface area contributed by atoms with E-state index in [4.69, 9.17) is 4.42 Å². The summed E-state index contributed by atoms with van der Waals surface area (Å²) in [5.41, 5.74) is -1.10. The van der Waals surface area contributed by atoms with Crippen molar-refractivity contribution in [3.63, 3.8) is 0 Å². The van der Waals surface area contributed by atoms with Crippen molar-refractivity contribution in [3.8, 4) is 0 Å². The van der Waals surface area contributed by atoms with E-state index in [2.05, 4.69) is 10.6 Å². The Hall–Kier alpha value is -1.82. The highest BCUT2D eigenvalue weighted by Crippen LogP contribution is 2.13. The van der Waals surface area contributed by atoms with Crippen LogP contribution >= 0.6 is 0 Å². The monoisotopic (exact) mass is 282 g/mol. The van der Waals surface area contributed by atoms with Gasteiger partial charge in [0.2, 0.25) is 5.91 Å². The number of nitrogens with one attached hydrogen (secondary N) is 2. The summed E-state index contributed by atoms with van der Waals surface area (Å²) in [5.74, 6) is -0.560. The minimum absolute atomic E-state index is 0.259. The lowest BCUT2D eigenvalue weighted by atomic mass is 9.95. The summed E-state index contributed by atoms with van der Waals surface area (Å²) in [7, 11) is 0. The fraction of sp³-hybridized carbons (Fsp3) is 0.571. The van der Waals surface area contributed by atoms with E-state index in [1.165, 1.54) is 6.26 Å². The average molecular weight is 282 g/mol. The first kappa shape index (κ1) is 16.2. The van der Waals surface area contributed by atoms with Gasteiger partial charge in [-0.25, -0.2) is 0 Å². The molecule has 20 heavy (non-hydrogen) atoms. The molecule has 0 radical (unpaired) electrons. The normalized spacial score (nSPS) is 15.3. The Labute approximate surface area is 118 Å². The van der Waals surface area contributed by atoms with Crippen LogP contribution in [0.15, 0.2) is 22.8 Å². The molecule has 0 bridgehead atoms. The lowest BCUT2D eigenvalue weighted by Gasteiger charge is -2.29. The van der Waals surface area contributed by atoms with Crippen LogP contribution in [0.1, 0.15) is 39.4 Å². The molecule has 1 aromatic heterocycles. The van der Waals surface area contributed by atoms with Gasteiger partial charge in [-0.3, -0.25) is 14.9 Å². The number of furan rings is 1. The summed E-state index contributed by atoms with van der Waals surface area (Å²) in [4.78, 5) is 23.2. The third-order valence-electron chi connectivity index (χ3n) is 3.17. The van der Waals surface area contributed by atoms with Crippen LogP contribution in [0.3, 0.4) is 0 Å². The van der Waals surface area contributed by atoms with Gasteiger partial charge in [-0.2, -0.15) is 0 Å². The third-order valence-corrected chi connectivity index (χ3v) is 3.17. The number of carbonyl (C=O) groups is 2. The van der Waals surface area contributed by atoms with Crippen molar-refractivity contribution in [2.45, 2.75) is 51.7 Å². The molecule has 112 valence electrons. The molecular formula is C14H22N2O4. The molecule has 1 rings (SSSR count). The van der Waals surface area contributed by atoms with Crippen LogP contribution in [0.25, 0.3) is 0 Å². The zero-order valence-corrected chi connectivity index (χ0v) is 12.1. The number of carboxylic acid groups (broad SMARTS) is 1. The topological polar surface area (TPSA) is 91.6 Å². The minimum atomic E-state index is -1.10. The van der Waals surface area contributed by atoms with Gasteiger partial charge in [-0.1, -0.05) is 13.3 Å². The van der Waals surface area contributed by atoms with Crippen LogP contribution in [-0.4, -0.2) is 28.6 Å². The van der Waals surface area contributed by atoms with E-state index < -0.39 is 17.6 Å². The molecule has 0 saturated carbocycles. The molecule has 1 amide bonds. The number of rotatable bonds is 8. The van der Waals surface area contributed by atoms with Crippen LogP contribution < -0.4 is 10.6 Å². The lowest BCUT2D eigenvalue weighted by molar-refractivity contribution is -0.145. The average Bonchev–Trinajstić information content (AvgIpc) is 2.88. The Kier molecular flexibility index (Phi) is 5.76. The third kappa shape index (κ3) is 4.38. The highest BCUT2D eigenvalue weighted by molar-refractivity contribution is 5.84. The first-order valence-corrected chi connectivity index (χ1v) is 6.70. The molecule has 0 aromatic carbocycles. The standard InChI is InChI=1S/C14H22N2O4/c1-4-7-14(3,13(18)19)16-10(2)12(17)15-9-11-6-5-8-20-11/h5-6,8,10,16H,4,7,9H2,1-3H3,(H,15,17)(H,18,19). The van der Waals surface area contributed by atoms with Gasteiger partial charge in [0.05, 0.1) is 18.8 Å². The second-order valence-electron chi connectivity index (χ2n) is 5.05. The van der Waals surface area contributed by atoms with Crippen LogP contribution in [0, 0.1) is 0 Å². The van der Waals surface area contributed by atoms with Crippen LogP contribution in [0.5, 0.6) is 0 Å². The van der Waals surface area contributed by atoms with Crippen molar-refractivity contribution < 1.29 is 19.1 Å². The van der Waals surface area contributed by atoms with Gasteiger partial charge in [0, 0.05) is 0 Å². The molecule has 0 aliphatic carbocycles. The van der Waals surface area contributed by atoms with Gasteiger partial charge in [0.15, 0.2) is 0 Å². The Morgan fingerprint density at radius 1 is 1.50 bits per heavy atom. The fourth-order valence-corrected chi connectivity index (χ4v) is 2.02. The molecule has 0 spiro atoms. The highest BCUT2D eigenvalue weighted by Gasteiger charge is 2.34. The second kappa shape index (κ2) is 7.09.